The van der Waals surface area contributed by atoms with Crippen molar-refractivity contribution >= 4 is 5.78 Å². The van der Waals surface area contributed by atoms with Gasteiger partial charge in [0.2, 0.25) is 0 Å². The maximum absolute atomic E-state index is 12.0. The van der Waals surface area contributed by atoms with Crippen LogP contribution >= 0.6 is 0 Å². The molecule has 17 heavy (non-hydrogen) atoms. The smallest absolute Gasteiger partial charge is 0.136 e. The zero-order valence-electron chi connectivity index (χ0n) is 10.4. The van der Waals surface area contributed by atoms with E-state index in [2.05, 4.69) is 5.10 Å². The summed E-state index contributed by atoms with van der Waals surface area (Å²) < 4.78 is 1.77. The third kappa shape index (κ3) is 3.40. The standard InChI is InChI=1S/C13H21N3O/c1-16-9-10(8-15-16)5-6-13(17)11-3-2-4-12(14)7-11/h8-9,11-12H,2-7,14H2,1H3. The fourth-order valence-corrected chi connectivity index (χ4v) is 2.59. The largest absolute Gasteiger partial charge is 0.328 e. The summed E-state index contributed by atoms with van der Waals surface area (Å²) in [5.41, 5.74) is 7.05. The average molecular weight is 235 g/mol. The number of aryl methyl sites for hydroxylation is 2. The molecule has 0 amide bonds. The molecule has 1 saturated carbocycles. The summed E-state index contributed by atoms with van der Waals surface area (Å²) in [5.74, 6) is 0.583. The molecule has 2 atom stereocenters. The van der Waals surface area contributed by atoms with Gasteiger partial charge in [-0.15, -0.1) is 0 Å². The molecule has 4 heteroatoms. The maximum atomic E-state index is 12.0. The highest BCUT2D eigenvalue weighted by Gasteiger charge is 2.24. The zero-order chi connectivity index (χ0) is 12.3. The van der Waals surface area contributed by atoms with E-state index in [1.807, 2.05) is 19.4 Å². The normalized spacial score (nSPS) is 24.8. The predicted octanol–water partition coefficient (Wildman–Crippen LogP) is 1.44. The number of rotatable bonds is 4. The van der Waals surface area contributed by atoms with E-state index in [1.54, 1.807) is 4.68 Å². The Morgan fingerprint density at radius 1 is 1.59 bits per heavy atom. The van der Waals surface area contributed by atoms with Gasteiger partial charge in [-0.05, 0) is 31.2 Å². The van der Waals surface area contributed by atoms with Gasteiger partial charge in [-0.3, -0.25) is 9.48 Å². The van der Waals surface area contributed by atoms with Crippen molar-refractivity contribution < 1.29 is 4.79 Å². The summed E-state index contributed by atoms with van der Waals surface area (Å²) in [5, 5.41) is 4.10. The summed E-state index contributed by atoms with van der Waals surface area (Å²) in [6.07, 6.45) is 9.32. The van der Waals surface area contributed by atoms with Crippen LogP contribution in [0.25, 0.3) is 0 Å². The summed E-state index contributed by atoms with van der Waals surface area (Å²) in [4.78, 5) is 12.0. The van der Waals surface area contributed by atoms with Gasteiger partial charge in [0.15, 0.2) is 0 Å². The molecular formula is C13H21N3O. The average Bonchev–Trinajstić information content (AvgIpc) is 2.72. The van der Waals surface area contributed by atoms with Gasteiger partial charge in [-0.2, -0.15) is 5.10 Å². The van der Waals surface area contributed by atoms with Crippen molar-refractivity contribution in [3.05, 3.63) is 18.0 Å². The first-order valence-corrected chi connectivity index (χ1v) is 6.41. The summed E-state index contributed by atoms with van der Waals surface area (Å²) in [6.45, 7) is 0. The van der Waals surface area contributed by atoms with Crippen LogP contribution in [-0.2, 0) is 18.3 Å². The van der Waals surface area contributed by atoms with E-state index in [1.165, 1.54) is 0 Å². The molecule has 2 rings (SSSR count). The van der Waals surface area contributed by atoms with Crippen molar-refractivity contribution in [3.63, 3.8) is 0 Å². The van der Waals surface area contributed by atoms with Crippen LogP contribution < -0.4 is 5.73 Å². The lowest BCUT2D eigenvalue weighted by Crippen LogP contribution is -2.31. The number of nitrogens with zero attached hydrogens (tertiary/aromatic N) is 2. The Bertz CT molecular complexity index is 386. The van der Waals surface area contributed by atoms with Crippen LogP contribution in [-0.4, -0.2) is 21.6 Å². The first-order chi connectivity index (χ1) is 8.15. The topological polar surface area (TPSA) is 60.9 Å². The first kappa shape index (κ1) is 12.3. The molecule has 0 aromatic carbocycles. The minimum Gasteiger partial charge on any atom is -0.328 e. The number of hydrogen-bond donors (Lipinski definition) is 1. The Hall–Kier alpha value is -1.16. The van der Waals surface area contributed by atoms with E-state index < -0.39 is 0 Å². The number of Topliss-reactive ketones (excluding diaryl/α,β-unsaturated/α-hetero) is 1. The monoisotopic (exact) mass is 235 g/mol. The van der Waals surface area contributed by atoms with Crippen molar-refractivity contribution in [1.29, 1.82) is 0 Å². The van der Waals surface area contributed by atoms with E-state index >= 15 is 0 Å². The number of aromatic nitrogens is 2. The Balaban J connectivity index is 1.80. The number of nitrogens with two attached hydrogens (primary N) is 1. The van der Waals surface area contributed by atoms with E-state index in [4.69, 9.17) is 5.73 Å². The highest BCUT2D eigenvalue weighted by molar-refractivity contribution is 5.81. The second-order valence-corrected chi connectivity index (χ2v) is 5.11. The molecule has 0 aliphatic heterocycles. The molecule has 2 N–H and O–H groups in total. The minimum absolute atomic E-state index is 0.204. The lowest BCUT2D eigenvalue weighted by molar-refractivity contribution is -0.123. The molecule has 94 valence electrons. The van der Waals surface area contributed by atoms with Crippen molar-refractivity contribution in [1.82, 2.24) is 9.78 Å². The zero-order valence-corrected chi connectivity index (χ0v) is 10.4. The summed E-state index contributed by atoms with van der Waals surface area (Å²) in [7, 11) is 1.89. The van der Waals surface area contributed by atoms with Crippen LogP contribution in [0.4, 0.5) is 0 Å². The van der Waals surface area contributed by atoms with Gasteiger partial charge in [0.05, 0.1) is 6.20 Å². The van der Waals surface area contributed by atoms with Gasteiger partial charge in [0.1, 0.15) is 5.78 Å². The van der Waals surface area contributed by atoms with Crippen molar-refractivity contribution in [2.75, 3.05) is 0 Å². The Morgan fingerprint density at radius 2 is 2.41 bits per heavy atom. The lowest BCUT2D eigenvalue weighted by Gasteiger charge is -2.25. The molecule has 1 aromatic rings. The van der Waals surface area contributed by atoms with Crippen LogP contribution in [0.15, 0.2) is 12.4 Å². The lowest BCUT2D eigenvalue weighted by atomic mass is 9.82. The molecule has 0 bridgehead atoms. The quantitative estimate of drug-likeness (QED) is 0.859. The van der Waals surface area contributed by atoms with E-state index in [9.17, 15) is 4.79 Å². The Labute approximate surface area is 102 Å². The molecule has 1 fully saturated rings. The molecule has 0 spiro atoms. The third-order valence-corrected chi connectivity index (χ3v) is 3.59. The van der Waals surface area contributed by atoms with Crippen LogP contribution in [0.1, 0.15) is 37.7 Å². The fourth-order valence-electron chi connectivity index (χ4n) is 2.59. The molecule has 0 radical (unpaired) electrons. The van der Waals surface area contributed by atoms with E-state index in [0.717, 1.165) is 37.7 Å². The van der Waals surface area contributed by atoms with Crippen molar-refractivity contribution in [2.24, 2.45) is 18.7 Å². The molecule has 1 aliphatic rings. The van der Waals surface area contributed by atoms with Crippen LogP contribution in [0.3, 0.4) is 0 Å². The number of carbonyl (C=O) groups is 1. The third-order valence-electron chi connectivity index (χ3n) is 3.59. The highest BCUT2D eigenvalue weighted by Crippen LogP contribution is 2.25. The molecule has 1 heterocycles. The van der Waals surface area contributed by atoms with Gasteiger partial charge in [0.25, 0.3) is 0 Å². The number of ketones is 1. The molecule has 1 aliphatic carbocycles. The van der Waals surface area contributed by atoms with Crippen LogP contribution in [0, 0.1) is 5.92 Å². The van der Waals surface area contributed by atoms with Crippen molar-refractivity contribution in [3.8, 4) is 0 Å². The summed E-state index contributed by atoms with van der Waals surface area (Å²) >= 11 is 0. The van der Waals surface area contributed by atoms with Gasteiger partial charge < -0.3 is 5.73 Å². The minimum atomic E-state index is 0.204. The first-order valence-electron chi connectivity index (χ1n) is 6.41. The Morgan fingerprint density at radius 3 is 3.06 bits per heavy atom. The van der Waals surface area contributed by atoms with Gasteiger partial charge in [-0.25, -0.2) is 0 Å². The Kier molecular flexibility index (Phi) is 3.94. The molecule has 0 saturated heterocycles. The second kappa shape index (κ2) is 5.45. The maximum Gasteiger partial charge on any atom is 0.136 e. The van der Waals surface area contributed by atoms with E-state index in [0.29, 0.717) is 12.2 Å². The predicted molar refractivity (Wildman–Crippen MR) is 66.5 cm³/mol. The number of hydrogen-bond acceptors (Lipinski definition) is 3. The summed E-state index contributed by atoms with van der Waals surface area (Å²) in [6, 6.07) is 0.232. The van der Waals surface area contributed by atoms with Gasteiger partial charge in [-0.1, -0.05) is 6.42 Å². The highest BCUT2D eigenvalue weighted by atomic mass is 16.1. The molecule has 1 aromatic heterocycles. The molecule has 2 unspecified atom stereocenters. The second-order valence-electron chi connectivity index (χ2n) is 5.11. The van der Waals surface area contributed by atoms with Crippen LogP contribution in [0.2, 0.25) is 0 Å². The molecular weight excluding hydrogens is 214 g/mol. The molecule has 4 nitrogen and oxygen atoms in total. The number of carbonyl (C=O) groups excluding carboxylic acids is 1. The van der Waals surface area contributed by atoms with Gasteiger partial charge in [0, 0.05) is 31.6 Å². The van der Waals surface area contributed by atoms with Gasteiger partial charge >= 0.3 is 0 Å². The van der Waals surface area contributed by atoms with Crippen LogP contribution in [0.5, 0.6) is 0 Å². The fraction of sp³-hybridized carbons (Fsp3) is 0.692. The van der Waals surface area contributed by atoms with E-state index in [-0.39, 0.29) is 12.0 Å². The SMILES string of the molecule is Cn1cc(CCC(=O)C2CCCC(N)C2)cn1. The van der Waals surface area contributed by atoms with Crippen molar-refractivity contribution in [2.45, 2.75) is 44.6 Å².